The summed E-state index contributed by atoms with van der Waals surface area (Å²) in [6, 6.07) is 9.30. The number of carbonyl (C=O) groups excluding carboxylic acids is 2. The number of imidazole rings is 1. The third kappa shape index (κ3) is 5.07. The van der Waals surface area contributed by atoms with E-state index in [-0.39, 0.29) is 18.1 Å². The van der Waals surface area contributed by atoms with Gasteiger partial charge in [0, 0.05) is 26.9 Å². The van der Waals surface area contributed by atoms with E-state index in [0.717, 1.165) is 5.69 Å². The van der Waals surface area contributed by atoms with E-state index in [2.05, 4.69) is 10.3 Å². The number of rotatable bonds is 6. The quantitative estimate of drug-likeness (QED) is 0.782. The van der Waals surface area contributed by atoms with Gasteiger partial charge < -0.3 is 19.7 Å². The van der Waals surface area contributed by atoms with E-state index < -0.39 is 17.5 Å². The zero-order valence-electron chi connectivity index (χ0n) is 16.6. The van der Waals surface area contributed by atoms with Crippen molar-refractivity contribution >= 4 is 23.6 Å². The molecule has 2 rings (SSSR count). The number of para-hydroxylation sites is 1. The average Bonchev–Trinajstić information content (AvgIpc) is 2.93. The Hall–Kier alpha value is -2.87. The number of ether oxygens (including phenoxy) is 2. The number of methoxy groups -OCH3 is 1. The van der Waals surface area contributed by atoms with Gasteiger partial charge in [0.15, 0.2) is 11.5 Å². The molecule has 8 nitrogen and oxygen atoms in total. The maximum Gasteiger partial charge on any atom is 0.359 e. The second kappa shape index (κ2) is 8.22. The molecule has 1 aromatic carbocycles. The number of amides is 1. The van der Waals surface area contributed by atoms with Crippen LogP contribution in [0, 0.1) is 0 Å². The molecular weight excluding hydrogens is 348 g/mol. The first-order valence-electron chi connectivity index (χ1n) is 8.51. The number of nitrogens with one attached hydrogen (secondary N) is 1. The highest BCUT2D eigenvalue weighted by molar-refractivity contribution is 6.00. The van der Waals surface area contributed by atoms with Crippen LogP contribution in [0.1, 0.15) is 31.3 Å². The molecule has 0 fully saturated rings. The molecule has 0 spiro atoms. The topological polar surface area (TPSA) is 85.7 Å². The lowest BCUT2D eigenvalue weighted by Gasteiger charge is -2.21. The fourth-order valence-electron chi connectivity index (χ4n) is 2.43. The molecule has 1 amide bonds. The van der Waals surface area contributed by atoms with Crippen LogP contribution in [0.2, 0.25) is 0 Å². The van der Waals surface area contributed by atoms with E-state index in [9.17, 15) is 9.59 Å². The molecule has 0 aliphatic carbocycles. The van der Waals surface area contributed by atoms with E-state index in [1.54, 1.807) is 44.3 Å². The predicted octanol–water partition coefficient (Wildman–Crippen LogP) is 2.48. The minimum Gasteiger partial charge on any atom is -0.455 e. The normalized spacial score (nSPS) is 11.2. The lowest BCUT2D eigenvalue weighted by molar-refractivity contribution is -0.119. The molecular formula is C19H26N4O4. The average molecular weight is 374 g/mol. The lowest BCUT2D eigenvalue weighted by atomic mass is 10.2. The van der Waals surface area contributed by atoms with Gasteiger partial charge in [0.1, 0.15) is 12.2 Å². The van der Waals surface area contributed by atoms with Gasteiger partial charge in [-0.25, -0.2) is 4.79 Å². The monoisotopic (exact) mass is 374 g/mol. The summed E-state index contributed by atoms with van der Waals surface area (Å²) in [5.74, 6) is -0.390. The number of anilines is 2. The smallest absolute Gasteiger partial charge is 0.359 e. The van der Waals surface area contributed by atoms with Crippen LogP contribution in [0.5, 0.6) is 0 Å². The Labute approximate surface area is 159 Å². The number of benzene rings is 1. The molecule has 0 atom stereocenters. The number of esters is 1. The molecule has 1 heterocycles. The number of hydrogen-bond donors (Lipinski definition) is 1. The van der Waals surface area contributed by atoms with Crippen molar-refractivity contribution in [3.63, 3.8) is 0 Å². The van der Waals surface area contributed by atoms with Gasteiger partial charge in [-0.2, -0.15) is 4.98 Å². The third-order valence-electron chi connectivity index (χ3n) is 3.40. The highest BCUT2D eigenvalue weighted by Crippen LogP contribution is 2.29. The lowest BCUT2D eigenvalue weighted by Crippen LogP contribution is -2.27. The highest BCUT2D eigenvalue weighted by atomic mass is 16.6. The number of nitrogens with zero attached hydrogens (tertiary/aromatic N) is 3. The predicted molar refractivity (Wildman–Crippen MR) is 104 cm³/mol. The summed E-state index contributed by atoms with van der Waals surface area (Å²) in [6.07, 6.45) is 0. The second-order valence-electron chi connectivity index (χ2n) is 7.16. The molecule has 0 unspecified atom stereocenters. The van der Waals surface area contributed by atoms with Crippen molar-refractivity contribution in [3.05, 3.63) is 36.0 Å². The SMILES string of the molecule is COCC(=O)Nc1nc(N(C)C)n(-c2ccccc2)c1C(=O)OC(C)(C)C. The Morgan fingerprint density at radius 2 is 1.81 bits per heavy atom. The van der Waals surface area contributed by atoms with Crippen molar-refractivity contribution in [3.8, 4) is 5.69 Å². The first kappa shape index (κ1) is 20.4. The molecule has 1 aromatic heterocycles. The van der Waals surface area contributed by atoms with Crippen LogP contribution in [0.25, 0.3) is 5.69 Å². The minimum absolute atomic E-state index is 0.124. The summed E-state index contributed by atoms with van der Waals surface area (Å²) in [7, 11) is 5.03. The standard InChI is InChI=1S/C19H26N4O4/c1-19(2,3)27-17(25)15-16(20-14(24)12-26-6)21-18(22(4)5)23(15)13-10-8-7-9-11-13/h7-11H,12H2,1-6H3,(H,20,24). The maximum absolute atomic E-state index is 13.0. The third-order valence-corrected chi connectivity index (χ3v) is 3.40. The molecule has 0 saturated heterocycles. The Balaban J connectivity index is 2.66. The van der Waals surface area contributed by atoms with E-state index >= 15 is 0 Å². The van der Waals surface area contributed by atoms with Crippen LogP contribution in [0.3, 0.4) is 0 Å². The molecule has 27 heavy (non-hydrogen) atoms. The minimum atomic E-state index is -0.699. The fourth-order valence-corrected chi connectivity index (χ4v) is 2.43. The maximum atomic E-state index is 13.0. The molecule has 0 aliphatic heterocycles. The number of carbonyl (C=O) groups is 2. The van der Waals surface area contributed by atoms with Crippen molar-refractivity contribution in [2.24, 2.45) is 0 Å². The van der Waals surface area contributed by atoms with Crippen LogP contribution in [0.15, 0.2) is 30.3 Å². The Morgan fingerprint density at radius 3 is 2.33 bits per heavy atom. The van der Waals surface area contributed by atoms with Crippen LogP contribution in [-0.4, -0.2) is 54.8 Å². The number of aromatic nitrogens is 2. The molecule has 1 N–H and O–H groups in total. The molecule has 0 saturated carbocycles. The summed E-state index contributed by atoms with van der Waals surface area (Å²) in [6.45, 7) is 5.20. The van der Waals surface area contributed by atoms with Gasteiger partial charge in [-0.1, -0.05) is 18.2 Å². The summed E-state index contributed by atoms with van der Waals surface area (Å²) < 4.78 is 12.1. The fraction of sp³-hybridized carbons (Fsp3) is 0.421. The molecule has 0 aliphatic rings. The van der Waals surface area contributed by atoms with E-state index in [1.807, 2.05) is 30.3 Å². The van der Waals surface area contributed by atoms with Gasteiger partial charge in [0.2, 0.25) is 5.95 Å². The van der Waals surface area contributed by atoms with Crippen LogP contribution >= 0.6 is 0 Å². The van der Waals surface area contributed by atoms with E-state index in [1.165, 1.54) is 7.11 Å². The molecule has 8 heteroatoms. The zero-order chi connectivity index (χ0) is 20.2. The second-order valence-corrected chi connectivity index (χ2v) is 7.16. The van der Waals surface area contributed by atoms with Crippen LogP contribution in [0.4, 0.5) is 11.8 Å². The first-order chi connectivity index (χ1) is 12.6. The Kier molecular flexibility index (Phi) is 6.22. The van der Waals surface area contributed by atoms with Gasteiger partial charge in [0.25, 0.3) is 5.91 Å². The summed E-state index contributed by atoms with van der Waals surface area (Å²) in [5, 5.41) is 2.64. The van der Waals surface area contributed by atoms with Gasteiger partial charge in [-0.3, -0.25) is 9.36 Å². The first-order valence-corrected chi connectivity index (χ1v) is 8.51. The summed E-state index contributed by atoms with van der Waals surface area (Å²) in [4.78, 5) is 31.2. The Bertz CT molecular complexity index is 807. The zero-order valence-corrected chi connectivity index (χ0v) is 16.6. The molecule has 146 valence electrons. The number of hydrogen-bond acceptors (Lipinski definition) is 6. The van der Waals surface area contributed by atoms with Crippen molar-refractivity contribution < 1.29 is 19.1 Å². The van der Waals surface area contributed by atoms with Crippen LogP contribution in [-0.2, 0) is 14.3 Å². The van der Waals surface area contributed by atoms with Crippen molar-refractivity contribution in [2.75, 3.05) is 38.0 Å². The van der Waals surface area contributed by atoms with Gasteiger partial charge in [-0.15, -0.1) is 0 Å². The van der Waals surface area contributed by atoms with Gasteiger partial charge in [0.05, 0.1) is 0 Å². The van der Waals surface area contributed by atoms with Crippen molar-refractivity contribution in [1.29, 1.82) is 0 Å². The van der Waals surface area contributed by atoms with Gasteiger partial charge in [-0.05, 0) is 32.9 Å². The van der Waals surface area contributed by atoms with Crippen LogP contribution < -0.4 is 10.2 Å². The summed E-state index contributed by atoms with van der Waals surface area (Å²) >= 11 is 0. The molecule has 0 bridgehead atoms. The highest BCUT2D eigenvalue weighted by Gasteiger charge is 2.30. The molecule has 2 aromatic rings. The van der Waals surface area contributed by atoms with E-state index in [0.29, 0.717) is 5.95 Å². The summed E-state index contributed by atoms with van der Waals surface area (Å²) in [5.41, 5.74) is 0.167. The van der Waals surface area contributed by atoms with Crippen molar-refractivity contribution in [2.45, 2.75) is 26.4 Å². The van der Waals surface area contributed by atoms with Crippen molar-refractivity contribution in [1.82, 2.24) is 9.55 Å². The van der Waals surface area contributed by atoms with Gasteiger partial charge >= 0.3 is 5.97 Å². The Morgan fingerprint density at radius 1 is 1.19 bits per heavy atom. The molecule has 0 radical (unpaired) electrons. The largest absolute Gasteiger partial charge is 0.455 e. The van der Waals surface area contributed by atoms with E-state index in [4.69, 9.17) is 9.47 Å².